The molecule has 0 N–H and O–H groups in total. The SMILES string of the molecule is O=C1N(Cc2ccc(Cl)cc2)Cc2nc3cc(Cl)ccc3n2C12CCCC2. The molecular formula is C21H19Cl2N3O. The fraction of sp³-hybridized carbons (Fsp3) is 0.333. The number of hydrogen-bond donors (Lipinski definition) is 0. The topological polar surface area (TPSA) is 38.1 Å². The van der Waals surface area contributed by atoms with Crippen LogP contribution in [-0.2, 0) is 23.4 Å². The second-order valence-corrected chi connectivity index (χ2v) is 8.40. The van der Waals surface area contributed by atoms with E-state index in [4.69, 9.17) is 28.2 Å². The van der Waals surface area contributed by atoms with Gasteiger partial charge in [0.1, 0.15) is 11.4 Å². The van der Waals surface area contributed by atoms with Crippen molar-refractivity contribution in [3.8, 4) is 0 Å². The number of amides is 1. The van der Waals surface area contributed by atoms with E-state index < -0.39 is 5.54 Å². The number of halogens is 2. The first-order valence-electron chi connectivity index (χ1n) is 9.28. The van der Waals surface area contributed by atoms with Crippen molar-refractivity contribution in [2.45, 2.75) is 44.3 Å². The summed E-state index contributed by atoms with van der Waals surface area (Å²) in [5, 5.41) is 1.37. The van der Waals surface area contributed by atoms with Crippen molar-refractivity contribution in [2.75, 3.05) is 0 Å². The maximum Gasteiger partial charge on any atom is 0.249 e. The Morgan fingerprint density at radius 2 is 1.70 bits per heavy atom. The third-order valence-electron chi connectivity index (χ3n) is 5.85. The van der Waals surface area contributed by atoms with Crippen molar-refractivity contribution in [1.82, 2.24) is 14.5 Å². The molecular weight excluding hydrogens is 381 g/mol. The Labute approximate surface area is 167 Å². The number of nitrogens with zero attached hydrogens (tertiary/aromatic N) is 3. The highest BCUT2D eigenvalue weighted by Crippen LogP contribution is 2.44. The van der Waals surface area contributed by atoms with Crippen LogP contribution < -0.4 is 0 Å². The van der Waals surface area contributed by atoms with E-state index in [0.29, 0.717) is 23.1 Å². The number of carbonyl (C=O) groups is 1. The molecule has 5 rings (SSSR count). The molecule has 4 nitrogen and oxygen atoms in total. The van der Waals surface area contributed by atoms with Crippen LogP contribution in [0.3, 0.4) is 0 Å². The van der Waals surface area contributed by atoms with E-state index in [9.17, 15) is 4.79 Å². The highest BCUT2D eigenvalue weighted by molar-refractivity contribution is 6.31. The molecule has 1 amide bonds. The van der Waals surface area contributed by atoms with Crippen LogP contribution >= 0.6 is 23.2 Å². The summed E-state index contributed by atoms with van der Waals surface area (Å²) < 4.78 is 2.20. The monoisotopic (exact) mass is 399 g/mol. The van der Waals surface area contributed by atoms with Crippen LogP contribution in [0.4, 0.5) is 0 Å². The van der Waals surface area contributed by atoms with Gasteiger partial charge in [-0.25, -0.2) is 4.98 Å². The normalized spacial score (nSPS) is 18.4. The van der Waals surface area contributed by atoms with E-state index in [-0.39, 0.29) is 5.91 Å². The lowest BCUT2D eigenvalue weighted by Gasteiger charge is -2.41. The third-order valence-corrected chi connectivity index (χ3v) is 6.34. The fourth-order valence-corrected chi connectivity index (χ4v) is 4.95. The first kappa shape index (κ1) is 17.1. The molecule has 0 atom stereocenters. The molecule has 0 bridgehead atoms. The van der Waals surface area contributed by atoms with Crippen molar-refractivity contribution in [3.63, 3.8) is 0 Å². The van der Waals surface area contributed by atoms with Crippen LogP contribution in [0, 0.1) is 0 Å². The summed E-state index contributed by atoms with van der Waals surface area (Å²) in [6, 6.07) is 13.5. The highest BCUT2D eigenvalue weighted by atomic mass is 35.5. The van der Waals surface area contributed by atoms with E-state index >= 15 is 0 Å². The lowest BCUT2D eigenvalue weighted by Crippen LogP contribution is -2.53. The number of fused-ring (bicyclic) bond motifs is 4. The Bertz CT molecular complexity index is 1040. The molecule has 1 aromatic heterocycles. The van der Waals surface area contributed by atoms with E-state index in [0.717, 1.165) is 48.1 Å². The molecule has 0 saturated heterocycles. The standard InChI is InChI=1S/C21H19Cl2N3O/c22-15-5-3-14(4-6-15)12-25-13-19-24-17-11-16(23)7-8-18(17)26(19)21(20(25)27)9-1-2-10-21/h3-8,11H,1-2,9-10,12-13H2. The van der Waals surface area contributed by atoms with Gasteiger partial charge >= 0.3 is 0 Å². The van der Waals surface area contributed by atoms with Crippen LogP contribution in [0.25, 0.3) is 11.0 Å². The molecule has 1 aliphatic carbocycles. The number of carbonyl (C=O) groups excluding carboxylic acids is 1. The largest absolute Gasteiger partial charge is 0.329 e. The fourth-order valence-electron chi connectivity index (χ4n) is 4.65. The van der Waals surface area contributed by atoms with E-state index in [1.54, 1.807) is 0 Å². The van der Waals surface area contributed by atoms with Gasteiger partial charge in [0, 0.05) is 16.6 Å². The first-order chi connectivity index (χ1) is 13.1. The van der Waals surface area contributed by atoms with Crippen molar-refractivity contribution < 1.29 is 4.79 Å². The van der Waals surface area contributed by atoms with Gasteiger partial charge < -0.3 is 9.47 Å². The smallest absolute Gasteiger partial charge is 0.249 e. The Kier molecular flexibility index (Phi) is 3.95. The minimum absolute atomic E-state index is 0.205. The summed E-state index contributed by atoms with van der Waals surface area (Å²) in [6.07, 6.45) is 3.86. The quantitative estimate of drug-likeness (QED) is 0.596. The number of aromatic nitrogens is 2. The Balaban J connectivity index is 1.61. The zero-order valence-corrected chi connectivity index (χ0v) is 16.3. The lowest BCUT2D eigenvalue weighted by molar-refractivity contribution is -0.144. The van der Waals surface area contributed by atoms with Gasteiger partial charge in [-0.3, -0.25) is 4.79 Å². The summed E-state index contributed by atoms with van der Waals surface area (Å²) >= 11 is 12.2. The molecule has 2 aliphatic rings. The first-order valence-corrected chi connectivity index (χ1v) is 10.0. The lowest BCUT2D eigenvalue weighted by atomic mass is 9.92. The second-order valence-electron chi connectivity index (χ2n) is 7.52. The molecule has 2 aromatic carbocycles. The van der Waals surface area contributed by atoms with Crippen LogP contribution in [-0.4, -0.2) is 20.4 Å². The number of hydrogen-bond acceptors (Lipinski definition) is 2. The van der Waals surface area contributed by atoms with Crippen molar-refractivity contribution >= 4 is 40.1 Å². The molecule has 3 aromatic rings. The molecule has 27 heavy (non-hydrogen) atoms. The Morgan fingerprint density at radius 1 is 1.00 bits per heavy atom. The van der Waals surface area contributed by atoms with Crippen molar-refractivity contribution in [2.24, 2.45) is 0 Å². The highest BCUT2D eigenvalue weighted by Gasteiger charge is 2.50. The minimum atomic E-state index is -0.511. The van der Waals surface area contributed by atoms with E-state index in [1.165, 1.54) is 0 Å². The van der Waals surface area contributed by atoms with Crippen LogP contribution in [0.2, 0.25) is 10.0 Å². The summed E-state index contributed by atoms with van der Waals surface area (Å²) in [5.41, 5.74) is 2.44. The molecule has 1 saturated carbocycles. The predicted molar refractivity (Wildman–Crippen MR) is 107 cm³/mol. The maximum atomic E-state index is 13.6. The number of benzene rings is 2. The van der Waals surface area contributed by atoms with Gasteiger partial charge in [-0.05, 0) is 48.7 Å². The van der Waals surface area contributed by atoms with E-state index in [2.05, 4.69) is 4.57 Å². The number of imidazole rings is 1. The average molecular weight is 400 g/mol. The summed E-state index contributed by atoms with van der Waals surface area (Å²) in [6.45, 7) is 1.08. The Hall–Kier alpha value is -2.04. The van der Waals surface area contributed by atoms with Crippen LogP contribution in [0.5, 0.6) is 0 Å². The van der Waals surface area contributed by atoms with Crippen LogP contribution in [0.15, 0.2) is 42.5 Å². The maximum absolute atomic E-state index is 13.6. The molecule has 1 aliphatic heterocycles. The molecule has 138 valence electrons. The zero-order chi connectivity index (χ0) is 18.6. The molecule has 1 spiro atoms. The molecule has 0 radical (unpaired) electrons. The zero-order valence-electron chi connectivity index (χ0n) is 14.8. The Morgan fingerprint density at radius 3 is 2.44 bits per heavy atom. The van der Waals surface area contributed by atoms with Crippen molar-refractivity contribution in [1.29, 1.82) is 0 Å². The second kappa shape index (κ2) is 6.25. The molecule has 2 heterocycles. The van der Waals surface area contributed by atoms with Gasteiger partial charge in [0.2, 0.25) is 5.91 Å². The molecule has 6 heteroatoms. The van der Waals surface area contributed by atoms with Gasteiger partial charge in [0.25, 0.3) is 0 Å². The van der Waals surface area contributed by atoms with E-state index in [1.807, 2.05) is 47.4 Å². The molecule has 0 unspecified atom stereocenters. The predicted octanol–water partition coefficient (Wildman–Crippen LogP) is 5.15. The summed E-state index contributed by atoms with van der Waals surface area (Å²) in [7, 11) is 0. The van der Waals surface area contributed by atoms with Gasteiger partial charge in [0.05, 0.1) is 17.6 Å². The van der Waals surface area contributed by atoms with Gasteiger partial charge in [-0.2, -0.15) is 0 Å². The average Bonchev–Trinajstić information content (AvgIpc) is 3.26. The van der Waals surface area contributed by atoms with Crippen LogP contribution in [0.1, 0.15) is 37.1 Å². The third kappa shape index (κ3) is 2.66. The number of rotatable bonds is 2. The minimum Gasteiger partial charge on any atom is -0.329 e. The van der Waals surface area contributed by atoms with Gasteiger partial charge in [-0.1, -0.05) is 48.2 Å². The molecule has 1 fully saturated rings. The summed E-state index contributed by atoms with van der Waals surface area (Å²) in [4.78, 5) is 20.4. The van der Waals surface area contributed by atoms with Crippen molar-refractivity contribution in [3.05, 3.63) is 63.9 Å². The summed E-state index contributed by atoms with van der Waals surface area (Å²) in [5.74, 6) is 1.15. The van der Waals surface area contributed by atoms with Gasteiger partial charge in [0.15, 0.2) is 0 Å². The van der Waals surface area contributed by atoms with Gasteiger partial charge in [-0.15, -0.1) is 0 Å².